The number of aromatic nitrogens is 5. The number of carbonyl (C=O) groups excluding carboxylic acids is 1. The van der Waals surface area contributed by atoms with Gasteiger partial charge in [-0.05, 0) is 42.5 Å². The molecular formula is C27H20FN5O2. The Morgan fingerprint density at radius 3 is 2.29 bits per heavy atom. The van der Waals surface area contributed by atoms with Gasteiger partial charge < -0.3 is 4.74 Å². The number of halogens is 1. The predicted octanol–water partition coefficient (Wildman–Crippen LogP) is 5.02. The Morgan fingerprint density at radius 2 is 1.54 bits per heavy atom. The summed E-state index contributed by atoms with van der Waals surface area (Å²) in [6, 6.07) is 25.4. The van der Waals surface area contributed by atoms with Crippen molar-refractivity contribution in [2.75, 3.05) is 0 Å². The van der Waals surface area contributed by atoms with E-state index in [4.69, 9.17) is 9.84 Å². The second-order valence-electron chi connectivity index (χ2n) is 7.65. The molecule has 0 fully saturated rings. The van der Waals surface area contributed by atoms with Gasteiger partial charge in [0.05, 0.1) is 23.3 Å². The van der Waals surface area contributed by atoms with E-state index in [1.165, 1.54) is 22.9 Å². The standard InChI is InChI=1S/C27H20FN5O2/c28-22-12-14-25(15-13-22)33-18-23(29-31-33)19-35-26(34)16-11-21-17-32(24-9-5-2-6-10-24)30-27(21)20-7-3-1-4-8-20/h1-18H,19H2/b16-11+. The van der Waals surface area contributed by atoms with E-state index >= 15 is 0 Å². The van der Waals surface area contributed by atoms with Crippen LogP contribution in [0.2, 0.25) is 0 Å². The highest BCUT2D eigenvalue weighted by atomic mass is 19.1. The van der Waals surface area contributed by atoms with E-state index in [9.17, 15) is 9.18 Å². The van der Waals surface area contributed by atoms with E-state index in [0.717, 1.165) is 22.5 Å². The van der Waals surface area contributed by atoms with E-state index in [0.29, 0.717) is 11.4 Å². The fourth-order valence-electron chi connectivity index (χ4n) is 3.48. The minimum atomic E-state index is -0.521. The van der Waals surface area contributed by atoms with E-state index in [2.05, 4.69) is 10.3 Å². The van der Waals surface area contributed by atoms with Gasteiger partial charge in [0, 0.05) is 23.4 Å². The van der Waals surface area contributed by atoms with Gasteiger partial charge >= 0.3 is 5.97 Å². The van der Waals surface area contributed by atoms with Crippen molar-refractivity contribution < 1.29 is 13.9 Å². The topological polar surface area (TPSA) is 74.8 Å². The molecule has 2 heterocycles. The number of benzene rings is 3. The van der Waals surface area contributed by atoms with Crippen LogP contribution in [0.4, 0.5) is 4.39 Å². The first-order valence-corrected chi connectivity index (χ1v) is 10.9. The quantitative estimate of drug-likeness (QED) is 0.249. The van der Waals surface area contributed by atoms with Crippen molar-refractivity contribution >= 4 is 12.0 Å². The van der Waals surface area contributed by atoms with E-state index in [1.54, 1.807) is 29.1 Å². The summed E-state index contributed by atoms with van der Waals surface area (Å²) in [6.07, 6.45) is 6.55. The van der Waals surface area contributed by atoms with E-state index in [-0.39, 0.29) is 12.4 Å². The first kappa shape index (κ1) is 22.0. The number of hydrogen-bond donors (Lipinski definition) is 0. The van der Waals surface area contributed by atoms with Gasteiger partial charge in [-0.3, -0.25) is 0 Å². The van der Waals surface area contributed by atoms with Gasteiger partial charge in [-0.25, -0.2) is 18.5 Å². The zero-order valence-electron chi connectivity index (χ0n) is 18.5. The lowest BCUT2D eigenvalue weighted by molar-refractivity contribution is -0.139. The number of para-hydroxylation sites is 1. The van der Waals surface area contributed by atoms with Crippen molar-refractivity contribution in [2.24, 2.45) is 0 Å². The zero-order valence-corrected chi connectivity index (χ0v) is 18.5. The summed E-state index contributed by atoms with van der Waals surface area (Å²) in [4.78, 5) is 12.4. The highest BCUT2D eigenvalue weighted by Crippen LogP contribution is 2.24. The number of carbonyl (C=O) groups is 1. The van der Waals surface area contributed by atoms with E-state index < -0.39 is 5.97 Å². The second kappa shape index (κ2) is 9.96. The summed E-state index contributed by atoms with van der Waals surface area (Å²) in [5, 5.41) is 12.7. The van der Waals surface area contributed by atoms with Crippen molar-refractivity contribution in [3.8, 4) is 22.6 Å². The third-order valence-corrected chi connectivity index (χ3v) is 5.20. The number of ether oxygens (including phenoxy) is 1. The summed E-state index contributed by atoms with van der Waals surface area (Å²) >= 11 is 0. The van der Waals surface area contributed by atoms with Gasteiger partial charge in [0.1, 0.15) is 18.1 Å². The Balaban J connectivity index is 1.30. The van der Waals surface area contributed by atoms with Crippen LogP contribution in [0.5, 0.6) is 0 Å². The molecule has 0 unspecified atom stereocenters. The smallest absolute Gasteiger partial charge is 0.331 e. The third-order valence-electron chi connectivity index (χ3n) is 5.20. The van der Waals surface area contributed by atoms with Crippen LogP contribution in [0.15, 0.2) is 103 Å². The Morgan fingerprint density at radius 1 is 0.857 bits per heavy atom. The average molecular weight is 465 g/mol. The van der Waals surface area contributed by atoms with Gasteiger partial charge in [0.2, 0.25) is 0 Å². The van der Waals surface area contributed by atoms with Crippen molar-refractivity contribution in [3.05, 3.63) is 120 Å². The molecule has 2 aromatic heterocycles. The summed E-state index contributed by atoms with van der Waals surface area (Å²) in [5.74, 6) is -0.854. The van der Waals surface area contributed by atoms with Crippen LogP contribution < -0.4 is 0 Å². The number of nitrogens with zero attached hydrogens (tertiary/aromatic N) is 5. The Kier molecular flexibility index (Phi) is 6.25. The van der Waals surface area contributed by atoms with Crippen LogP contribution in [-0.2, 0) is 16.1 Å². The molecule has 0 N–H and O–H groups in total. The maximum atomic E-state index is 13.1. The highest BCUT2D eigenvalue weighted by molar-refractivity contribution is 5.88. The number of esters is 1. The lowest BCUT2D eigenvalue weighted by Crippen LogP contribution is -2.01. The first-order valence-electron chi connectivity index (χ1n) is 10.9. The molecule has 172 valence electrons. The fraction of sp³-hybridized carbons (Fsp3) is 0.0370. The summed E-state index contributed by atoms with van der Waals surface area (Å²) in [7, 11) is 0. The zero-order chi connectivity index (χ0) is 24.0. The first-order chi connectivity index (χ1) is 17.2. The molecule has 0 aliphatic rings. The van der Waals surface area contributed by atoms with Crippen LogP contribution in [0.3, 0.4) is 0 Å². The van der Waals surface area contributed by atoms with Crippen LogP contribution in [-0.4, -0.2) is 30.7 Å². The van der Waals surface area contributed by atoms with Crippen LogP contribution in [0.1, 0.15) is 11.3 Å². The maximum absolute atomic E-state index is 13.1. The van der Waals surface area contributed by atoms with Crippen molar-refractivity contribution in [1.82, 2.24) is 24.8 Å². The third kappa shape index (κ3) is 5.22. The molecule has 0 saturated carbocycles. The molecule has 0 atom stereocenters. The van der Waals surface area contributed by atoms with Crippen molar-refractivity contribution in [3.63, 3.8) is 0 Å². The van der Waals surface area contributed by atoms with Crippen LogP contribution in [0, 0.1) is 5.82 Å². The second-order valence-corrected chi connectivity index (χ2v) is 7.65. The average Bonchev–Trinajstić information content (AvgIpc) is 3.55. The Labute approximate surface area is 200 Å². The largest absolute Gasteiger partial charge is 0.456 e. The molecule has 7 nitrogen and oxygen atoms in total. The molecule has 0 aliphatic carbocycles. The normalized spacial score (nSPS) is 11.1. The van der Waals surface area contributed by atoms with E-state index in [1.807, 2.05) is 66.9 Å². The lowest BCUT2D eigenvalue weighted by Gasteiger charge is -2.00. The fourth-order valence-corrected chi connectivity index (χ4v) is 3.48. The number of rotatable bonds is 7. The molecule has 0 spiro atoms. The molecular weight excluding hydrogens is 445 g/mol. The Bertz CT molecular complexity index is 1460. The van der Waals surface area contributed by atoms with Gasteiger partial charge in [-0.15, -0.1) is 5.10 Å². The minimum Gasteiger partial charge on any atom is -0.456 e. The molecule has 5 rings (SSSR count). The van der Waals surface area contributed by atoms with Crippen molar-refractivity contribution in [1.29, 1.82) is 0 Å². The summed E-state index contributed by atoms with van der Waals surface area (Å²) in [6.45, 7) is -0.0425. The molecule has 35 heavy (non-hydrogen) atoms. The monoisotopic (exact) mass is 465 g/mol. The molecule has 0 aliphatic heterocycles. The molecule has 0 radical (unpaired) electrons. The number of hydrogen-bond acceptors (Lipinski definition) is 5. The van der Waals surface area contributed by atoms with Crippen molar-refractivity contribution in [2.45, 2.75) is 6.61 Å². The predicted molar refractivity (Wildman–Crippen MR) is 129 cm³/mol. The molecule has 5 aromatic rings. The molecule has 0 bridgehead atoms. The maximum Gasteiger partial charge on any atom is 0.331 e. The molecule has 0 amide bonds. The summed E-state index contributed by atoms with van der Waals surface area (Å²) in [5.41, 5.74) is 4.50. The summed E-state index contributed by atoms with van der Waals surface area (Å²) < 4.78 is 21.7. The lowest BCUT2D eigenvalue weighted by atomic mass is 10.1. The van der Waals surface area contributed by atoms with Gasteiger partial charge in [-0.2, -0.15) is 5.10 Å². The minimum absolute atomic E-state index is 0.0425. The van der Waals surface area contributed by atoms with Crippen LogP contribution in [0.25, 0.3) is 28.7 Å². The molecule has 8 heteroatoms. The van der Waals surface area contributed by atoms with Gasteiger partial charge in [-0.1, -0.05) is 53.7 Å². The van der Waals surface area contributed by atoms with Gasteiger partial charge in [0.25, 0.3) is 0 Å². The molecule has 3 aromatic carbocycles. The van der Waals surface area contributed by atoms with Gasteiger partial charge in [0.15, 0.2) is 0 Å². The molecule has 0 saturated heterocycles. The highest BCUT2D eigenvalue weighted by Gasteiger charge is 2.11. The Hall–Kier alpha value is -4.85. The SMILES string of the molecule is O=C(/C=C/c1cn(-c2ccccc2)nc1-c1ccccc1)OCc1cn(-c2ccc(F)cc2)nn1. The van der Waals surface area contributed by atoms with Crippen LogP contribution >= 0.6 is 0 Å².